The molecule has 3 heterocycles. The molecule has 1 aliphatic rings. The zero-order valence-corrected chi connectivity index (χ0v) is 15.5. The second kappa shape index (κ2) is 6.07. The van der Waals surface area contributed by atoms with E-state index in [1.165, 1.54) is 15.6 Å². The molecule has 1 fully saturated rings. The summed E-state index contributed by atoms with van der Waals surface area (Å²) in [5.41, 5.74) is 0.859. The van der Waals surface area contributed by atoms with Crippen molar-refractivity contribution in [3.63, 3.8) is 0 Å². The van der Waals surface area contributed by atoms with Crippen LogP contribution < -0.4 is 0 Å². The Labute approximate surface area is 142 Å². The molecule has 0 bridgehead atoms. The topological polar surface area (TPSA) is 63.4 Å². The van der Waals surface area contributed by atoms with Crippen molar-refractivity contribution in [1.29, 1.82) is 0 Å². The predicted molar refractivity (Wildman–Crippen MR) is 88.5 cm³/mol. The van der Waals surface area contributed by atoms with Gasteiger partial charge in [0.05, 0.1) is 15.5 Å². The normalized spacial score (nSPS) is 20.1. The van der Waals surface area contributed by atoms with E-state index >= 15 is 0 Å². The van der Waals surface area contributed by atoms with Crippen LogP contribution in [0.1, 0.15) is 50.1 Å². The molecule has 0 amide bonds. The zero-order valence-electron chi connectivity index (χ0n) is 12.3. The summed E-state index contributed by atoms with van der Waals surface area (Å²) < 4.78 is 33.8. The lowest BCUT2D eigenvalue weighted by Crippen LogP contribution is -2.30. The molecule has 0 aliphatic carbocycles. The van der Waals surface area contributed by atoms with Crippen molar-refractivity contribution in [3.8, 4) is 0 Å². The molecule has 0 unspecified atom stereocenters. The lowest BCUT2D eigenvalue weighted by molar-refractivity contribution is 0.296. The number of hydrogen-bond acceptors (Lipinski definition) is 5. The van der Waals surface area contributed by atoms with Crippen LogP contribution >= 0.6 is 27.3 Å². The fourth-order valence-electron chi connectivity index (χ4n) is 2.60. The quantitative estimate of drug-likeness (QED) is 0.767. The molecule has 2 aromatic heterocycles. The highest BCUT2D eigenvalue weighted by Gasteiger charge is 2.39. The van der Waals surface area contributed by atoms with E-state index in [4.69, 9.17) is 4.52 Å². The average molecular weight is 405 g/mol. The van der Waals surface area contributed by atoms with Gasteiger partial charge in [-0.3, -0.25) is 0 Å². The maximum atomic E-state index is 12.8. The number of aromatic nitrogens is 1. The molecule has 22 heavy (non-hydrogen) atoms. The summed E-state index contributed by atoms with van der Waals surface area (Å²) in [6, 6.07) is 5.02. The Morgan fingerprint density at radius 1 is 1.45 bits per heavy atom. The van der Waals surface area contributed by atoms with Gasteiger partial charge in [-0.15, -0.1) is 11.3 Å². The fraction of sp³-hybridized carbons (Fsp3) is 0.500. The third-order valence-corrected chi connectivity index (χ3v) is 7.78. The molecule has 1 atom stereocenters. The Morgan fingerprint density at radius 2 is 2.23 bits per heavy atom. The first kappa shape index (κ1) is 16.2. The number of halogens is 1. The van der Waals surface area contributed by atoms with Gasteiger partial charge in [0, 0.05) is 12.6 Å². The van der Waals surface area contributed by atoms with Crippen LogP contribution in [0.15, 0.2) is 30.7 Å². The third-order valence-electron chi connectivity index (χ3n) is 3.78. The van der Waals surface area contributed by atoms with E-state index in [-0.39, 0.29) is 12.0 Å². The van der Waals surface area contributed by atoms with Crippen LogP contribution in [0.25, 0.3) is 0 Å². The molecule has 2 aromatic rings. The molecular formula is C14H17BrN2O3S2. The molecule has 0 N–H and O–H groups in total. The van der Waals surface area contributed by atoms with Crippen LogP contribution in [0.3, 0.4) is 0 Å². The molecule has 0 saturated carbocycles. The van der Waals surface area contributed by atoms with Gasteiger partial charge in [0.15, 0.2) is 5.76 Å². The summed E-state index contributed by atoms with van der Waals surface area (Å²) in [6.45, 7) is 4.59. The van der Waals surface area contributed by atoms with Gasteiger partial charge < -0.3 is 4.52 Å². The van der Waals surface area contributed by atoms with Gasteiger partial charge in [-0.2, -0.15) is 4.31 Å². The molecule has 0 aromatic carbocycles. The highest BCUT2D eigenvalue weighted by Crippen LogP contribution is 2.39. The smallest absolute Gasteiger partial charge is 0.253 e. The van der Waals surface area contributed by atoms with Crippen molar-refractivity contribution in [2.45, 2.75) is 42.9 Å². The van der Waals surface area contributed by atoms with E-state index in [9.17, 15) is 8.42 Å². The van der Waals surface area contributed by atoms with E-state index in [2.05, 4.69) is 21.1 Å². The summed E-state index contributed by atoms with van der Waals surface area (Å²) in [6.07, 6.45) is 1.59. The Morgan fingerprint density at radius 3 is 2.82 bits per heavy atom. The van der Waals surface area contributed by atoms with E-state index in [0.717, 1.165) is 22.3 Å². The van der Waals surface area contributed by atoms with Crippen LogP contribution in [-0.4, -0.2) is 24.4 Å². The van der Waals surface area contributed by atoms with Crippen LogP contribution in [0.4, 0.5) is 0 Å². The lowest BCUT2D eigenvalue weighted by Gasteiger charge is -2.21. The highest BCUT2D eigenvalue weighted by molar-refractivity contribution is 9.11. The second-order valence-electron chi connectivity index (χ2n) is 5.64. The molecule has 8 heteroatoms. The Kier molecular flexibility index (Phi) is 4.46. The monoisotopic (exact) mass is 404 g/mol. The third kappa shape index (κ3) is 2.89. The minimum Gasteiger partial charge on any atom is -0.359 e. The van der Waals surface area contributed by atoms with E-state index in [1.807, 2.05) is 19.9 Å². The summed E-state index contributed by atoms with van der Waals surface area (Å²) in [5.74, 6) is 0.901. The minimum atomic E-state index is -3.49. The number of sulfonamides is 1. The van der Waals surface area contributed by atoms with E-state index in [0.29, 0.717) is 16.5 Å². The number of rotatable bonds is 4. The molecule has 1 saturated heterocycles. The molecule has 3 rings (SSSR count). The SMILES string of the molecule is CC(C)c1cc([C@@H]2CCCN2S(=O)(=O)c2ccc(Br)s2)on1. The van der Waals surface area contributed by atoms with Gasteiger partial charge in [-0.1, -0.05) is 19.0 Å². The van der Waals surface area contributed by atoms with Crippen molar-refractivity contribution < 1.29 is 12.9 Å². The molecule has 5 nitrogen and oxygen atoms in total. The van der Waals surface area contributed by atoms with Gasteiger partial charge in [0.2, 0.25) is 0 Å². The molecule has 0 radical (unpaired) electrons. The van der Waals surface area contributed by atoms with Crippen LogP contribution in [0.2, 0.25) is 0 Å². The largest absolute Gasteiger partial charge is 0.359 e. The number of thiophene rings is 1. The average Bonchev–Trinajstić information content (AvgIpc) is 3.18. The van der Waals surface area contributed by atoms with Gasteiger partial charge >= 0.3 is 0 Å². The molecule has 0 spiro atoms. The van der Waals surface area contributed by atoms with Crippen molar-refractivity contribution >= 4 is 37.3 Å². The van der Waals surface area contributed by atoms with Crippen molar-refractivity contribution in [3.05, 3.63) is 33.4 Å². The summed E-state index contributed by atoms with van der Waals surface area (Å²) >= 11 is 4.55. The minimum absolute atomic E-state index is 0.258. The summed E-state index contributed by atoms with van der Waals surface area (Å²) in [5, 5.41) is 4.05. The van der Waals surface area contributed by atoms with Gasteiger partial charge in [-0.25, -0.2) is 8.42 Å². The van der Waals surface area contributed by atoms with Gasteiger partial charge in [0.25, 0.3) is 10.0 Å². The van der Waals surface area contributed by atoms with Crippen molar-refractivity contribution in [1.82, 2.24) is 9.46 Å². The molecule has 1 aliphatic heterocycles. The standard InChI is InChI=1S/C14H17BrN2O3S2/c1-9(2)10-8-12(20-16-10)11-4-3-7-17(11)22(18,19)14-6-5-13(15)21-14/h5-6,8-9,11H,3-4,7H2,1-2H3/t11-/m0/s1. The number of hydrogen-bond donors (Lipinski definition) is 0. The lowest BCUT2D eigenvalue weighted by atomic mass is 10.1. The maximum Gasteiger partial charge on any atom is 0.253 e. The van der Waals surface area contributed by atoms with E-state index in [1.54, 1.807) is 12.1 Å². The van der Waals surface area contributed by atoms with Crippen molar-refractivity contribution in [2.75, 3.05) is 6.54 Å². The summed E-state index contributed by atoms with van der Waals surface area (Å²) in [7, 11) is -3.49. The van der Waals surface area contributed by atoms with Crippen LogP contribution in [-0.2, 0) is 10.0 Å². The van der Waals surface area contributed by atoms with Gasteiger partial charge in [0.1, 0.15) is 4.21 Å². The Bertz CT molecular complexity index is 767. The van der Waals surface area contributed by atoms with Crippen molar-refractivity contribution in [2.24, 2.45) is 0 Å². The summed E-state index contributed by atoms with van der Waals surface area (Å²) in [4.78, 5) is 0. The highest BCUT2D eigenvalue weighted by atomic mass is 79.9. The molecule has 120 valence electrons. The molecular weight excluding hydrogens is 388 g/mol. The Balaban J connectivity index is 1.92. The zero-order chi connectivity index (χ0) is 15.9. The number of nitrogens with zero attached hydrogens (tertiary/aromatic N) is 2. The predicted octanol–water partition coefficient (Wildman–Crippen LogP) is 4.15. The first-order valence-corrected chi connectivity index (χ1v) is 10.2. The first-order chi connectivity index (χ1) is 10.4. The van der Waals surface area contributed by atoms with Gasteiger partial charge in [-0.05, 0) is 46.8 Å². The van der Waals surface area contributed by atoms with Crippen LogP contribution in [0.5, 0.6) is 0 Å². The van der Waals surface area contributed by atoms with Crippen LogP contribution in [0, 0.1) is 0 Å². The van der Waals surface area contributed by atoms with E-state index < -0.39 is 10.0 Å². The Hall–Kier alpha value is -0.700. The maximum absolute atomic E-state index is 12.8. The second-order valence-corrected chi connectivity index (χ2v) is 10.2. The fourth-order valence-corrected chi connectivity index (χ4v) is 6.40. The first-order valence-electron chi connectivity index (χ1n) is 7.13.